The zero-order valence-electron chi connectivity index (χ0n) is 13.2. The molecule has 0 spiro atoms. The van der Waals surface area contributed by atoms with Crippen LogP contribution in [-0.2, 0) is 16.8 Å². The molecule has 1 unspecified atom stereocenters. The van der Waals surface area contributed by atoms with Crippen molar-refractivity contribution in [3.63, 3.8) is 0 Å². The van der Waals surface area contributed by atoms with Crippen LogP contribution in [0.4, 0.5) is 8.78 Å². The third-order valence-corrected chi connectivity index (χ3v) is 4.69. The summed E-state index contributed by atoms with van der Waals surface area (Å²) >= 11 is 0. The fraction of sp³-hybridized carbons (Fsp3) is 0.588. The molecular formula is C17H23F2NO3. The van der Waals surface area contributed by atoms with E-state index in [4.69, 9.17) is 0 Å². The summed E-state index contributed by atoms with van der Waals surface area (Å²) in [5.41, 5.74) is -5.20. The maximum absolute atomic E-state index is 15.2. The van der Waals surface area contributed by atoms with Crippen molar-refractivity contribution in [2.24, 2.45) is 0 Å². The number of aliphatic hydroxyl groups is 1. The Morgan fingerprint density at radius 2 is 2.17 bits per heavy atom. The van der Waals surface area contributed by atoms with Gasteiger partial charge in [0.1, 0.15) is 6.17 Å². The predicted molar refractivity (Wildman–Crippen MR) is 82.8 cm³/mol. The number of hydrogen-bond acceptors (Lipinski definition) is 3. The molecule has 3 N–H and O–H groups in total. The molecule has 1 aromatic rings. The third-order valence-electron chi connectivity index (χ3n) is 4.69. The van der Waals surface area contributed by atoms with E-state index in [1.807, 2.05) is 0 Å². The Kier molecular flexibility index (Phi) is 5.37. The predicted octanol–water partition coefficient (Wildman–Crippen LogP) is 2.34. The summed E-state index contributed by atoms with van der Waals surface area (Å²) in [6.45, 7) is 0.701. The highest BCUT2D eigenvalue weighted by Gasteiger charge is 2.65. The van der Waals surface area contributed by atoms with E-state index in [0.717, 1.165) is 0 Å². The maximum Gasteiger partial charge on any atom is 0.343 e. The summed E-state index contributed by atoms with van der Waals surface area (Å²) in [6, 6.07) is 6.28. The van der Waals surface area contributed by atoms with Crippen LogP contribution in [0.5, 0.6) is 0 Å². The second-order valence-corrected chi connectivity index (χ2v) is 6.10. The van der Waals surface area contributed by atoms with Gasteiger partial charge >= 0.3 is 5.97 Å². The van der Waals surface area contributed by atoms with Gasteiger partial charge in [0.2, 0.25) is 5.60 Å². The Morgan fingerprint density at radius 3 is 2.74 bits per heavy atom. The van der Waals surface area contributed by atoms with E-state index < -0.39 is 23.4 Å². The zero-order chi connectivity index (χ0) is 17.1. The fourth-order valence-electron chi connectivity index (χ4n) is 3.40. The van der Waals surface area contributed by atoms with Crippen molar-refractivity contribution in [1.82, 2.24) is 5.32 Å². The first-order valence-corrected chi connectivity index (χ1v) is 7.89. The molecule has 23 heavy (non-hydrogen) atoms. The van der Waals surface area contributed by atoms with Gasteiger partial charge < -0.3 is 15.5 Å². The molecule has 1 aromatic carbocycles. The molecule has 0 radical (unpaired) electrons. The molecule has 1 aliphatic rings. The first-order valence-electron chi connectivity index (χ1n) is 7.89. The van der Waals surface area contributed by atoms with Crippen molar-refractivity contribution in [2.75, 3.05) is 13.6 Å². The number of rotatable bonds is 7. The number of benzene rings is 1. The number of aryl methyl sites for hydroxylation is 1. The van der Waals surface area contributed by atoms with Crippen LogP contribution in [0.3, 0.4) is 0 Å². The van der Waals surface area contributed by atoms with Gasteiger partial charge in [0.25, 0.3) is 0 Å². The fourth-order valence-corrected chi connectivity index (χ4v) is 3.40. The molecule has 0 aromatic heterocycles. The van der Waals surface area contributed by atoms with Gasteiger partial charge in [-0.1, -0.05) is 24.3 Å². The zero-order valence-corrected chi connectivity index (χ0v) is 13.2. The van der Waals surface area contributed by atoms with Gasteiger partial charge in [0.15, 0.2) is 5.67 Å². The Morgan fingerprint density at radius 1 is 1.48 bits per heavy atom. The van der Waals surface area contributed by atoms with Crippen LogP contribution in [0.15, 0.2) is 24.3 Å². The molecule has 1 fully saturated rings. The highest BCUT2D eigenvalue weighted by molar-refractivity contribution is 5.82. The second-order valence-electron chi connectivity index (χ2n) is 6.10. The maximum atomic E-state index is 15.2. The number of hydrogen-bond donors (Lipinski definition) is 3. The lowest BCUT2D eigenvalue weighted by molar-refractivity contribution is -0.188. The lowest BCUT2D eigenvalue weighted by Gasteiger charge is -2.38. The summed E-state index contributed by atoms with van der Waals surface area (Å²) in [5.74, 6) is -1.74. The Balaban J connectivity index is 2.48. The molecule has 2 rings (SSSR count). The summed E-state index contributed by atoms with van der Waals surface area (Å²) in [7, 11) is 1.79. The van der Waals surface area contributed by atoms with Crippen molar-refractivity contribution in [1.29, 1.82) is 0 Å². The normalized spacial score (nSPS) is 26.9. The first kappa shape index (κ1) is 17.8. The second kappa shape index (κ2) is 6.93. The van der Waals surface area contributed by atoms with Gasteiger partial charge in [-0.3, -0.25) is 0 Å². The first-order chi connectivity index (χ1) is 10.9. The third kappa shape index (κ3) is 2.97. The van der Waals surface area contributed by atoms with E-state index in [9.17, 15) is 19.4 Å². The lowest BCUT2D eigenvalue weighted by Crippen LogP contribution is -2.57. The van der Waals surface area contributed by atoms with E-state index in [1.54, 1.807) is 19.2 Å². The number of carbonyl (C=O) groups is 1. The molecule has 0 aliphatic heterocycles. The molecule has 3 atom stereocenters. The Bertz CT molecular complexity index is 569. The molecular weight excluding hydrogens is 304 g/mol. The van der Waals surface area contributed by atoms with Crippen molar-refractivity contribution in [2.45, 2.75) is 49.5 Å². The van der Waals surface area contributed by atoms with Gasteiger partial charge in [0, 0.05) is 5.56 Å². The molecule has 1 saturated carbocycles. The van der Waals surface area contributed by atoms with E-state index >= 15 is 4.39 Å². The minimum Gasteiger partial charge on any atom is -0.479 e. The average Bonchev–Trinajstić information content (AvgIpc) is 2.88. The van der Waals surface area contributed by atoms with Gasteiger partial charge in [-0.25, -0.2) is 13.6 Å². The van der Waals surface area contributed by atoms with Crippen molar-refractivity contribution in [3.05, 3.63) is 35.4 Å². The molecule has 4 nitrogen and oxygen atoms in total. The van der Waals surface area contributed by atoms with Gasteiger partial charge in [-0.05, 0) is 51.3 Å². The highest BCUT2D eigenvalue weighted by atomic mass is 19.2. The van der Waals surface area contributed by atoms with E-state index in [1.165, 1.54) is 12.1 Å². The number of halogens is 2. The quantitative estimate of drug-likeness (QED) is 0.672. The summed E-state index contributed by atoms with van der Waals surface area (Å²) in [4.78, 5) is 11.8. The standard InChI is InChI=1S/C17H23F2NO3/c1-20-11-5-7-12-6-2-3-8-13(12)17(23,15(21)22)16(19)10-4-9-14(16)18/h2-3,6,8,14,20,23H,4-5,7,9-11H2,1H3,(H,21,22)/t14?,16-,17+/m0/s1. The van der Waals surface area contributed by atoms with Gasteiger partial charge in [-0.2, -0.15) is 0 Å². The van der Waals surface area contributed by atoms with Crippen LogP contribution >= 0.6 is 0 Å². The summed E-state index contributed by atoms with van der Waals surface area (Å²) < 4.78 is 29.4. The van der Waals surface area contributed by atoms with Crippen LogP contribution in [0.2, 0.25) is 0 Å². The molecule has 0 saturated heterocycles. The van der Waals surface area contributed by atoms with Crippen molar-refractivity contribution in [3.8, 4) is 0 Å². The number of nitrogens with one attached hydrogen (secondary N) is 1. The van der Waals surface area contributed by atoms with Gasteiger partial charge in [-0.15, -0.1) is 0 Å². The number of alkyl halides is 2. The van der Waals surface area contributed by atoms with Crippen LogP contribution in [0.25, 0.3) is 0 Å². The molecule has 0 heterocycles. The summed E-state index contributed by atoms with van der Waals surface area (Å²) in [5, 5.41) is 23.3. The smallest absolute Gasteiger partial charge is 0.343 e. The topological polar surface area (TPSA) is 69.6 Å². The SMILES string of the molecule is CNCCCc1ccccc1[C@@](O)(C(=O)O)[C@]1(F)CCCC1F. The monoisotopic (exact) mass is 327 g/mol. The highest BCUT2D eigenvalue weighted by Crippen LogP contribution is 2.49. The molecule has 0 amide bonds. The molecule has 128 valence electrons. The largest absolute Gasteiger partial charge is 0.479 e. The molecule has 1 aliphatic carbocycles. The molecule has 0 bridgehead atoms. The van der Waals surface area contributed by atoms with Crippen molar-refractivity contribution < 1.29 is 23.8 Å². The number of aliphatic carboxylic acids is 1. The van der Waals surface area contributed by atoms with E-state index in [-0.39, 0.29) is 24.8 Å². The van der Waals surface area contributed by atoms with Crippen LogP contribution in [0.1, 0.15) is 36.8 Å². The molecule has 6 heteroatoms. The van der Waals surface area contributed by atoms with E-state index in [2.05, 4.69) is 5.32 Å². The van der Waals surface area contributed by atoms with Gasteiger partial charge in [0.05, 0.1) is 0 Å². The lowest BCUT2D eigenvalue weighted by atomic mass is 9.74. The summed E-state index contributed by atoms with van der Waals surface area (Å²) in [6.07, 6.45) is -0.986. The Labute approximate surface area is 134 Å². The number of carboxylic acid groups (broad SMARTS) is 1. The average molecular weight is 327 g/mol. The Hall–Kier alpha value is -1.53. The van der Waals surface area contributed by atoms with Crippen LogP contribution in [0, 0.1) is 0 Å². The number of carboxylic acids is 1. The van der Waals surface area contributed by atoms with Crippen LogP contribution < -0.4 is 5.32 Å². The minimum absolute atomic E-state index is 0.0457. The van der Waals surface area contributed by atoms with Crippen LogP contribution in [-0.4, -0.2) is 41.6 Å². The van der Waals surface area contributed by atoms with Crippen molar-refractivity contribution >= 4 is 5.97 Å². The van der Waals surface area contributed by atoms with E-state index in [0.29, 0.717) is 24.9 Å². The minimum atomic E-state index is -2.88.